The lowest BCUT2D eigenvalue weighted by atomic mass is 10.2. The Morgan fingerprint density at radius 3 is 2.62 bits per heavy atom. The summed E-state index contributed by atoms with van der Waals surface area (Å²) in [7, 11) is 0. The van der Waals surface area contributed by atoms with Gasteiger partial charge in [0.25, 0.3) is 0 Å². The van der Waals surface area contributed by atoms with Crippen LogP contribution in [0.2, 0.25) is 5.15 Å². The number of pyridine rings is 1. The predicted molar refractivity (Wildman–Crippen MR) is 63.7 cm³/mol. The molecular weight excluding hydrogens is 224 g/mol. The normalized spacial score (nSPS) is 30.3. The van der Waals surface area contributed by atoms with Gasteiger partial charge in [0, 0.05) is 11.8 Å². The highest BCUT2D eigenvalue weighted by atomic mass is 35.5. The van der Waals surface area contributed by atoms with Crippen LogP contribution in [0.4, 0.5) is 0 Å². The third kappa shape index (κ3) is 3.17. The van der Waals surface area contributed by atoms with Crippen molar-refractivity contribution in [3.63, 3.8) is 0 Å². The molecule has 0 amide bonds. The number of ether oxygens (including phenoxy) is 1. The van der Waals surface area contributed by atoms with Crippen LogP contribution in [0.15, 0.2) is 18.3 Å². The molecule has 0 aromatic carbocycles. The monoisotopic (exact) mass is 241 g/mol. The number of hydrogen-bond acceptors (Lipinski definition) is 2. The average molecular weight is 242 g/mol. The van der Waals surface area contributed by atoms with Crippen molar-refractivity contribution < 1.29 is 9.64 Å². The van der Waals surface area contributed by atoms with Crippen LogP contribution in [-0.2, 0) is 11.3 Å². The molecule has 0 spiro atoms. The first-order chi connectivity index (χ1) is 7.63. The fraction of sp³-hybridized carbons (Fsp3) is 0.583. The van der Waals surface area contributed by atoms with Crippen molar-refractivity contribution in [3.8, 4) is 0 Å². The third-order valence-corrected chi connectivity index (χ3v) is 3.08. The molecule has 0 bridgehead atoms. The molecule has 0 unspecified atom stereocenters. The largest absolute Gasteiger partial charge is 0.364 e. The van der Waals surface area contributed by atoms with Gasteiger partial charge in [-0.3, -0.25) is 0 Å². The first kappa shape index (κ1) is 11.8. The van der Waals surface area contributed by atoms with Gasteiger partial charge in [-0.05, 0) is 26.0 Å². The Morgan fingerprint density at radius 2 is 2.06 bits per heavy atom. The second-order valence-corrected chi connectivity index (χ2v) is 4.97. The Balaban J connectivity index is 1.96. The maximum atomic E-state index is 5.76. The van der Waals surface area contributed by atoms with Crippen molar-refractivity contribution in [3.05, 3.63) is 29.0 Å². The third-order valence-electron chi connectivity index (χ3n) is 2.86. The van der Waals surface area contributed by atoms with E-state index in [-0.39, 0.29) is 0 Å². The first-order valence-electron chi connectivity index (χ1n) is 5.73. The maximum Gasteiger partial charge on any atom is 0.129 e. The Hall–Kier alpha value is -0.640. The predicted octanol–water partition coefficient (Wildman–Crippen LogP) is 0.927. The molecule has 3 nitrogen and oxygen atoms in total. The second kappa shape index (κ2) is 5.13. The molecule has 1 saturated heterocycles. The smallest absolute Gasteiger partial charge is 0.129 e. The molecular formula is C12H18ClN2O+. The van der Waals surface area contributed by atoms with E-state index in [0.717, 1.165) is 19.6 Å². The number of morpholine rings is 1. The molecule has 0 radical (unpaired) electrons. The van der Waals surface area contributed by atoms with E-state index in [0.29, 0.717) is 17.4 Å². The molecule has 2 atom stereocenters. The first-order valence-corrected chi connectivity index (χ1v) is 6.10. The molecule has 1 aromatic rings. The second-order valence-electron chi connectivity index (χ2n) is 4.58. The minimum Gasteiger partial charge on any atom is -0.364 e. The van der Waals surface area contributed by atoms with Crippen LogP contribution in [0.5, 0.6) is 0 Å². The number of rotatable bonds is 2. The zero-order valence-corrected chi connectivity index (χ0v) is 10.5. The average Bonchev–Trinajstić information content (AvgIpc) is 2.20. The van der Waals surface area contributed by atoms with Crippen LogP contribution >= 0.6 is 11.6 Å². The van der Waals surface area contributed by atoms with E-state index in [1.165, 1.54) is 5.56 Å². The topological polar surface area (TPSA) is 26.6 Å². The number of nitrogens with one attached hydrogen (secondary N) is 1. The van der Waals surface area contributed by atoms with Crippen molar-refractivity contribution in [2.24, 2.45) is 0 Å². The van der Waals surface area contributed by atoms with Gasteiger partial charge in [0.15, 0.2) is 0 Å². The Kier molecular flexibility index (Phi) is 3.79. The van der Waals surface area contributed by atoms with Crippen LogP contribution in [0.3, 0.4) is 0 Å². The molecule has 1 fully saturated rings. The summed E-state index contributed by atoms with van der Waals surface area (Å²) >= 11 is 5.76. The number of halogens is 1. The highest BCUT2D eigenvalue weighted by Crippen LogP contribution is 2.05. The molecule has 1 aliphatic rings. The lowest BCUT2D eigenvalue weighted by Crippen LogP contribution is -3.14. The van der Waals surface area contributed by atoms with Gasteiger partial charge in [0.1, 0.15) is 37.0 Å². The van der Waals surface area contributed by atoms with Crippen LogP contribution in [-0.4, -0.2) is 30.3 Å². The van der Waals surface area contributed by atoms with E-state index in [9.17, 15) is 0 Å². The number of aromatic nitrogens is 1. The summed E-state index contributed by atoms with van der Waals surface area (Å²) in [5.41, 5.74) is 1.24. The van der Waals surface area contributed by atoms with Crippen molar-refractivity contribution in [2.45, 2.75) is 32.6 Å². The number of hydrogen-bond donors (Lipinski definition) is 1. The van der Waals surface area contributed by atoms with Gasteiger partial charge >= 0.3 is 0 Å². The standard InChI is InChI=1S/C12H17ClN2O/c1-9-6-15(7-10(2)16-9)8-11-3-4-12(13)14-5-11/h3-5,9-10H,6-8H2,1-2H3/p+1/t9-,10-/m0/s1. The van der Waals surface area contributed by atoms with E-state index in [4.69, 9.17) is 16.3 Å². The van der Waals surface area contributed by atoms with Gasteiger partial charge in [-0.2, -0.15) is 0 Å². The molecule has 4 heteroatoms. The van der Waals surface area contributed by atoms with Gasteiger partial charge in [0.2, 0.25) is 0 Å². The zero-order valence-electron chi connectivity index (χ0n) is 9.74. The van der Waals surface area contributed by atoms with Crippen LogP contribution in [0.25, 0.3) is 0 Å². The minimum absolute atomic E-state index is 0.346. The Bertz CT molecular complexity index is 331. The molecule has 2 heterocycles. The lowest BCUT2D eigenvalue weighted by molar-refractivity contribution is -0.928. The highest BCUT2D eigenvalue weighted by Gasteiger charge is 2.25. The molecule has 1 aliphatic heterocycles. The summed E-state index contributed by atoms with van der Waals surface area (Å²) in [5, 5.41) is 0.558. The molecule has 1 aromatic heterocycles. The lowest BCUT2D eigenvalue weighted by Gasteiger charge is -2.32. The van der Waals surface area contributed by atoms with Gasteiger partial charge in [-0.15, -0.1) is 0 Å². The van der Waals surface area contributed by atoms with Crippen LogP contribution < -0.4 is 4.90 Å². The SMILES string of the molecule is C[C@H]1C[NH+](Cc2ccc(Cl)nc2)C[C@H](C)O1. The molecule has 1 N–H and O–H groups in total. The molecule has 0 saturated carbocycles. The van der Waals surface area contributed by atoms with Gasteiger partial charge < -0.3 is 9.64 Å². The molecule has 2 rings (SSSR count). The number of nitrogens with zero attached hydrogens (tertiary/aromatic N) is 1. The minimum atomic E-state index is 0.346. The fourth-order valence-corrected chi connectivity index (χ4v) is 2.45. The van der Waals surface area contributed by atoms with E-state index >= 15 is 0 Å². The molecule has 16 heavy (non-hydrogen) atoms. The summed E-state index contributed by atoms with van der Waals surface area (Å²) in [6, 6.07) is 3.90. The van der Waals surface area contributed by atoms with Crippen molar-refractivity contribution in [1.82, 2.24) is 4.98 Å². The zero-order chi connectivity index (χ0) is 11.5. The van der Waals surface area contributed by atoms with E-state index in [2.05, 4.69) is 18.8 Å². The molecule has 88 valence electrons. The van der Waals surface area contributed by atoms with Crippen LogP contribution in [0, 0.1) is 0 Å². The van der Waals surface area contributed by atoms with Crippen molar-refractivity contribution in [2.75, 3.05) is 13.1 Å². The van der Waals surface area contributed by atoms with Gasteiger partial charge in [0.05, 0.1) is 0 Å². The van der Waals surface area contributed by atoms with E-state index in [1.807, 2.05) is 18.3 Å². The van der Waals surface area contributed by atoms with Crippen LogP contribution in [0.1, 0.15) is 19.4 Å². The summed E-state index contributed by atoms with van der Waals surface area (Å²) in [4.78, 5) is 5.65. The fourth-order valence-electron chi connectivity index (χ4n) is 2.33. The Morgan fingerprint density at radius 1 is 1.38 bits per heavy atom. The van der Waals surface area contributed by atoms with Crippen molar-refractivity contribution >= 4 is 11.6 Å². The van der Waals surface area contributed by atoms with Gasteiger partial charge in [-0.25, -0.2) is 4.98 Å². The van der Waals surface area contributed by atoms with Crippen molar-refractivity contribution in [1.29, 1.82) is 0 Å². The quantitative estimate of drug-likeness (QED) is 0.780. The Labute approximate surface area is 101 Å². The number of quaternary nitrogens is 1. The van der Waals surface area contributed by atoms with Gasteiger partial charge in [-0.1, -0.05) is 11.6 Å². The van der Waals surface area contributed by atoms with E-state index < -0.39 is 0 Å². The molecule has 0 aliphatic carbocycles. The summed E-state index contributed by atoms with van der Waals surface area (Å²) in [6.07, 6.45) is 2.55. The van der Waals surface area contributed by atoms with E-state index in [1.54, 1.807) is 4.90 Å². The maximum absolute atomic E-state index is 5.76. The summed E-state index contributed by atoms with van der Waals surface area (Å²) in [6.45, 7) is 7.40. The summed E-state index contributed by atoms with van der Waals surface area (Å²) < 4.78 is 5.72. The highest BCUT2D eigenvalue weighted by molar-refractivity contribution is 6.29. The summed E-state index contributed by atoms with van der Waals surface area (Å²) in [5.74, 6) is 0.